The van der Waals surface area contributed by atoms with Crippen LogP contribution in [0.15, 0.2) is 42.5 Å². The summed E-state index contributed by atoms with van der Waals surface area (Å²) in [4.78, 5) is 11.2. The molecular weight excluding hydrogens is 372 g/mol. The molecule has 154 valence electrons. The van der Waals surface area contributed by atoms with Crippen molar-refractivity contribution in [2.45, 2.75) is 71.0 Å². The number of aromatic carboxylic acids is 1. The first kappa shape index (κ1) is 21.6. The van der Waals surface area contributed by atoms with E-state index in [1.165, 1.54) is 34.7 Å². The van der Waals surface area contributed by atoms with Crippen LogP contribution in [0.3, 0.4) is 0 Å². The Morgan fingerprint density at radius 1 is 0.862 bits per heavy atom. The largest absolute Gasteiger partial charge is 0.478 e. The molecule has 3 rings (SSSR count). The van der Waals surface area contributed by atoms with Crippen LogP contribution in [0.5, 0.6) is 0 Å². The van der Waals surface area contributed by atoms with Crippen molar-refractivity contribution < 1.29 is 9.90 Å². The predicted octanol–water partition coefficient (Wildman–Crippen LogP) is 7.15. The summed E-state index contributed by atoms with van der Waals surface area (Å²) in [5.41, 5.74) is 6.08. The Balaban J connectivity index is 2.13. The maximum atomic E-state index is 11.2. The van der Waals surface area contributed by atoms with Gasteiger partial charge in [-0.15, -0.1) is 0 Å². The lowest BCUT2D eigenvalue weighted by Gasteiger charge is -2.42. The van der Waals surface area contributed by atoms with Crippen molar-refractivity contribution in [2.24, 2.45) is 0 Å². The Bertz CT molecular complexity index is 957. The summed E-state index contributed by atoms with van der Waals surface area (Å²) in [7, 11) is -1.63. The van der Waals surface area contributed by atoms with E-state index in [-0.39, 0.29) is 10.8 Å². The van der Waals surface area contributed by atoms with Gasteiger partial charge in [-0.25, -0.2) is 4.79 Å². The maximum Gasteiger partial charge on any atom is 0.335 e. The van der Waals surface area contributed by atoms with Gasteiger partial charge in [0.15, 0.2) is 0 Å². The fourth-order valence-corrected chi connectivity index (χ4v) is 6.00. The van der Waals surface area contributed by atoms with Crippen LogP contribution in [-0.4, -0.2) is 19.1 Å². The van der Waals surface area contributed by atoms with Gasteiger partial charge in [0.2, 0.25) is 0 Å². The zero-order valence-corrected chi connectivity index (χ0v) is 19.9. The number of benzene rings is 2. The third-order valence-corrected chi connectivity index (χ3v) is 8.49. The molecule has 0 spiro atoms. The van der Waals surface area contributed by atoms with Crippen LogP contribution in [0.2, 0.25) is 19.6 Å². The summed E-state index contributed by atoms with van der Waals surface area (Å²) in [6.45, 7) is 16.6. The van der Waals surface area contributed by atoms with Crippen LogP contribution < -0.4 is 0 Å². The number of rotatable bonds is 4. The van der Waals surface area contributed by atoms with Crippen molar-refractivity contribution in [3.05, 3.63) is 70.3 Å². The lowest BCUT2D eigenvalue weighted by molar-refractivity contribution is 0.0697. The molecule has 0 atom stereocenters. The molecule has 0 bridgehead atoms. The molecule has 0 saturated carbocycles. The molecule has 1 aliphatic rings. The van der Waals surface area contributed by atoms with Crippen LogP contribution in [0, 0.1) is 0 Å². The molecule has 0 aromatic heterocycles. The summed E-state index contributed by atoms with van der Waals surface area (Å²) >= 11 is 0. The molecule has 0 heterocycles. The quantitative estimate of drug-likeness (QED) is 0.432. The van der Waals surface area contributed by atoms with E-state index in [0.29, 0.717) is 5.56 Å². The van der Waals surface area contributed by atoms with Gasteiger partial charge in [0, 0.05) is 0 Å². The Morgan fingerprint density at radius 2 is 1.38 bits per heavy atom. The van der Waals surface area contributed by atoms with E-state index in [4.69, 9.17) is 5.11 Å². The zero-order valence-electron chi connectivity index (χ0n) is 18.9. The highest BCUT2D eigenvalue weighted by molar-refractivity contribution is 6.94. The van der Waals surface area contributed by atoms with Gasteiger partial charge < -0.3 is 5.11 Å². The second kappa shape index (κ2) is 7.28. The van der Waals surface area contributed by atoms with Gasteiger partial charge in [-0.05, 0) is 58.1 Å². The summed E-state index contributed by atoms with van der Waals surface area (Å²) in [5.74, 6) is -0.884. The molecule has 0 aliphatic heterocycles. The number of carbonyl (C=O) groups is 1. The Morgan fingerprint density at radius 3 is 1.90 bits per heavy atom. The number of fused-ring (bicyclic) bond motifs is 1. The Kier molecular flexibility index (Phi) is 5.42. The molecule has 3 heteroatoms. The van der Waals surface area contributed by atoms with E-state index in [9.17, 15) is 4.79 Å². The van der Waals surface area contributed by atoms with Crippen molar-refractivity contribution in [1.29, 1.82) is 0 Å². The van der Waals surface area contributed by atoms with E-state index in [2.05, 4.69) is 71.6 Å². The van der Waals surface area contributed by atoms with Gasteiger partial charge in [-0.2, -0.15) is 0 Å². The van der Waals surface area contributed by atoms with Crippen molar-refractivity contribution >= 4 is 25.3 Å². The van der Waals surface area contributed by atoms with E-state index in [1.807, 2.05) is 12.1 Å². The topological polar surface area (TPSA) is 37.3 Å². The smallest absolute Gasteiger partial charge is 0.335 e. The molecule has 29 heavy (non-hydrogen) atoms. The van der Waals surface area contributed by atoms with Gasteiger partial charge in [-0.1, -0.05) is 88.9 Å². The van der Waals surface area contributed by atoms with Crippen LogP contribution in [0.1, 0.15) is 73.1 Å². The minimum atomic E-state index is -1.63. The molecule has 2 nitrogen and oxygen atoms in total. The Hall–Kier alpha value is -2.13. The molecule has 0 unspecified atom stereocenters. The van der Waals surface area contributed by atoms with E-state index >= 15 is 0 Å². The van der Waals surface area contributed by atoms with E-state index in [1.54, 1.807) is 12.1 Å². The average molecular weight is 407 g/mol. The molecule has 0 amide bonds. The highest BCUT2D eigenvalue weighted by atomic mass is 28.3. The van der Waals surface area contributed by atoms with Crippen LogP contribution in [0.25, 0.3) is 11.3 Å². The highest BCUT2D eigenvalue weighted by Gasteiger charge is 2.37. The highest BCUT2D eigenvalue weighted by Crippen LogP contribution is 2.46. The van der Waals surface area contributed by atoms with E-state index in [0.717, 1.165) is 5.56 Å². The maximum absolute atomic E-state index is 11.2. The SMILES string of the molecule is CC1(C)CCC(C)(C)c2cc(C(=Cc3ccc(C(=O)O)cc3)[Si](C)(C)C)ccc21. The fraction of sp³-hybridized carbons (Fsp3) is 0.423. The minimum absolute atomic E-state index is 0.189. The van der Waals surface area contributed by atoms with Crippen molar-refractivity contribution in [2.75, 3.05) is 0 Å². The minimum Gasteiger partial charge on any atom is -0.478 e. The van der Waals surface area contributed by atoms with Gasteiger partial charge in [0.1, 0.15) is 0 Å². The van der Waals surface area contributed by atoms with Crippen LogP contribution >= 0.6 is 0 Å². The lowest BCUT2D eigenvalue weighted by Crippen LogP contribution is -2.34. The average Bonchev–Trinajstić information content (AvgIpc) is 2.63. The van der Waals surface area contributed by atoms with Gasteiger partial charge in [-0.3, -0.25) is 0 Å². The zero-order chi connectivity index (χ0) is 21.6. The number of carboxylic acids is 1. The first-order valence-electron chi connectivity index (χ1n) is 10.5. The van der Waals surface area contributed by atoms with Gasteiger partial charge >= 0.3 is 5.97 Å². The standard InChI is InChI=1S/C26H34O2Si/c1-25(2)14-15-26(3,4)22-17-20(12-13-21(22)25)23(29(5,6)7)16-18-8-10-19(11-9-18)24(27)28/h8-13,16-17H,14-15H2,1-7H3,(H,27,28). The van der Waals surface area contributed by atoms with Gasteiger partial charge in [0.25, 0.3) is 0 Å². The molecule has 0 radical (unpaired) electrons. The second-order valence-electron chi connectivity index (χ2n) is 10.8. The summed E-state index contributed by atoms with van der Waals surface area (Å²) < 4.78 is 0. The third kappa shape index (κ3) is 4.40. The molecular formula is C26H34O2Si. The monoisotopic (exact) mass is 406 g/mol. The van der Waals surface area contributed by atoms with E-state index < -0.39 is 14.0 Å². The van der Waals surface area contributed by atoms with Crippen LogP contribution in [0.4, 0.5) is 0 Å². The second-order valence-corrected chi connectivity index (χ2v) is 15.8. The molecule has 1 N–H and O–H groups in total. The number of carboxylic acid groups (broad SMARTS) is 1. The first-order chi connectivity index (χ1) is 13.3. The van der Waals surface area contributed by atoms with Crippen molar-refractivity contribution in [3.63, 3.8) is 0 Å². The fourth-order valence-electron chi connectivity index (χ4n) is 4.38. The molecule has 1 aliphatic carbocycles. The first-order valence-corrected chi connectivity index (χ1v) is 14.0. The third-order valence-electron chi connectivity index (χ3n) is 6.44. The predicted molar refractivity (Wildman–Crippen MR) is 126 cm³/mol. The summed E-state index contributed by atoms with van der Waals surface area (Å²) in [6, 6.07) is 14.3. The number of hydrogen-bond donors (Lipinski definition) is 1. The van der Waals surface area contributed by atoms with Crippen molar-refractivity contribution in [1.82, 2.24) is 0 Å². The molecule has 0 saturated heterocycles. The number of hydrogen-bond acceptors (Lipinski definition) is 1. The van der Waals surface area contributed by atoms with Crippen LogP contribution in [-0.2, 0) is 10.8 Å². The van der Waals surface area contributed by atoms with Gasteiger partial charge in [0.05, 0.1) is 13.6 Å². The molecule has 2 aromatic carbocycles. The molecule has 2 aromatic rings. The summed E-state index contributed by atoms with van der Waals surface area (Å²) in [5, 5.41) is 10.6. The lowest BCUT2D eigenvalue weighted by atomic mass is 9.63. The summed E-state index contributed by atoms with van der Waals surface area (Å²) in [6.07, 6.45) is 4.69. The Labute approximate surface area is 176 Å². The normalized spacial score (nSPS) is 18.2. The van der Waals surface area contributed by atoms with Crippen molar-refractivity contribution in [3.8, 4) is 0 Å². The molecule has 0 fully saturated rings.